The smallest absolute Gasteiger partial charge is 0.418 e. The van der Waals surface area contributed by atoms with Gasteiger partial charge in [0.15, 0.2) is 0 Å². The first-order chi connectivity index (χ1) is 12.0. The summed E-state index contributed by atoms with van der Waals surface area (Å²) in [5.41, 5.74) is 2.38. The van der Waals surface area contributed by atoms with Crippen molar-refractivity contribution >= 4 is 23.3 Å². The van der Waals surface area contributed by atoms with Gasteiger partial charge in [-0.2, -0.15) is 13.2 Å². The number of anilines is 2. The summed E-state index contributed by atoms with van der Waals surface area (Å²) in [5.74, 6) is -0.773. The van der Waals surface area contributed by atoms with E-state index in [0.29, 0.717) is 16.5 Å². The Kier molecular flexibility index (Phi) is 3.82. The quantitative estimate of drug-likeness (QED) is 0.563. The summed E-state index contributed by atoms with van der Waals surface area (Å²) < 4.78 is 39.2. The molecule has 1 aliphatic heterocycles. The Labute approximate surface area is 146 Å². The molecule has 0 bridgehead atoms. The lowest BCUT2D eigenvalue weighted by atomic mass is 9.92. The molecule has 0 radical (unpaired) electrons. The molecule has 4 N–H and O–H groups in total. The Balaban J connectivity index is 2.04. The number of imide groups is 1. The van der Waals surface area contributed by atoms with Crippen LogP contribution < -0.4 is 16.0 Å². The minimum atomic E-state index is -4.72. The second-order valence-corrected chi connectivity index (χ2v) is 6.01. The maximum atomic E-state index is 13.1. The number of phenolic OH excluding ortho intramolecular Hbond substituents is 1. The van der Waals surface area contributed by atoms with Crippen molar-refractivity contribution in [2.24, 2.45) is 0 Å². The number of aromatic hydroxyl groups is 1. The summed E-state index contributed by atoms with van der Waals surface area (Å²) in [5, 5.41) is 11.8. The van der Waals surface area contributed by atoms with Crippen LogP contribution in [0.2, 0.25) is 0 Å². The van der Waals surface area contributed by atoms with Gasteiger partial charge in [0.25, 0.3) is 5.91 Å². The van der Waals surface area contributed by atoms with E-state index >= 15 is 0 Å². The standard InChI is InChI=1S/C17H14F3N3O3/c1-16(9-2-5-11(24)6-3-9)14(25)23(15(26)22-16)10-4-7-13(21)12(8-10)17(18,19)20/h2-8,24H,21H2,1H3,(H,22,26). The van der Waals surface area contributed by atoms with Gasteiger partial charge < -0.3 is 16.2 Å². The van der Waals surface area contributed by atoms with Crippen molar-refractivity contribution < 1.29 is 27.9 Å². The third kappa shape index (κ3) is 2.71. The van der Waals surface area contributed by atoms with E-state index in [1.165, 1.54) is 37.3 Å². The monoisotopic (exact) mass is 365 g/mol. The van der Waals surface area contributed by atoms with Crippen molar-refractivity contribution in [3.63, 3.8) is 0 Å². The largest absolute Gasteiger partial charge is 0.508 e. The Morgan fingerprint density at radius 2 is 1.73 bits per heavy atom. The third-order valence-corrected chi connectivity index (χ3v) is 4.24. The van der Waals surface area contributed by atoms with Gasteiger partial charge in [-0.05, 0) is 42.8 Å². The molecule has 2 aromatic carbocycles. The first-order valence-corrected chi connectivity index (χ1v) is 7.47. The Morgan fingerprint density at radius 3 is 2.31 bits per heavy atom. The second-order valence-electron chi connectivity index (χ2n) is 6.01. The lowest BCUT2D eigenvalue weighted by Crippen LogP contribution is -2.40. The molecular weight excluding hydrogens is 351 g/mol. The van der Waals surface area contributed by atoms with Gasteiger partial charge in [-0.1, -0.05) is 12.1 Å². The molecule has 3 amide bonds. The molecule has 1 heterocycles. The topological polar surface area (TPSA) is 95.7 Å². The highest BCUT2D eigenvalue weighted by Crippen LogP contribution is 2.38. The predicted octanol–water partition coefficient (Wildman–Crippen LogP) is 2.96. The summed E-state index contributed by atoms with van der Waals surface area (Å²) >= 11 is 0. The van der Waals surface area contributed by atoms with Crippen LogP contribution in [0.3, 0.4) is 0 Å². The van der Waals surface area contributed by atoms with Crippen molar-refractivity contribution in [3.8, 4) is 5.75 Å². The van der Waals surface area contributed by atoms with E-state index in [2.05, 4.69) is 5.32 Å². The molecule has 2 aromatic rings. The lowest BCUT2D eigenvalue weighted by molar-refractivity contribution is -0.137. The summed E-state index contributed by atoms with van der Waals surface area (Å²) in [4.78, 5) is 25.8. The Bertz CT molecular complexity index is 896. The van der Waals surface area contributed by atoms with Gasteiger partial charge in [0, 0.05) is 5.69 Å². The van der Waals surface area contributed by atoms with Crippen LogP contribution in [-0.2, 0) is 16.5 Å². The maximum Gasteiger partial charge on any atom is 0.418 e. The molecule has 1 unspecified atom stereocenters. The van der Waals surface area contributed by atoms with Crippen LogP contribution in [0.1, 0.15) is 18.1 Å². The molecule has 1 atom stereocenters. The minimum absolute atomic E-state index is 0.0284. The van der Waals surface area contributed by atoms with Crippen molar-refractivity contribution in [3.05, 3.63) is 53.6 Å². The fourth-order valence-electron chi connectivity index (χ4n) is 2.79. The van der Waals surface area contributed by atoms with E-state index in [9.17, 15) is 27.9 Å². The van der Waals surface area contributed by atoms with Crippen molar-refractivity contribution in [2.75, 3.05) is 10.6 Å². The normalized spacial score (nSPS) is 20.4. The average Bonchev–Trinajstić information content (AvgIpc) is 2.78. The van der Waals surface area contributed by atoms with Gasteiger partial charge in [0.05, 0.1) is 11.3 Å². The SMILES string of the molecule is CC1(c2ccc(O)cc2)NC(=O)N(c2ccc(N)c(C(F)(F)F)c2)C1=O. The summed E-state index contributed by atoms with van der Waals surface area (Å²) in [7, 11) is 0. The maximum absolute atomic E-state index is 13.1. The summed E-state index contributed by atoms with van der Waals surface area (Å²) in [6.45, 7) is 1.43. The molecule has 136 valence electrons. The van der Waals surface area contributed by atoms with Gasteiger partial charge in [0.1, 0.15) is 11.3 Å². The highest BCUT2D eigenvalue weighted by molar-refractivity contribution is 6.23. The number of nitrogen functional groups attached to an aromatic ring is 1. The predicted molar refractivity (Wildman–Crippen MR) is 87.3 cm³/mol. The van der Waals surface area contributed by atoms with Crippen LogP contribution in [0.25, 0.3) is 0 Å². The van der Waals surface area contributed by atoms with E-state index in [1.54, 1.807) is 0 Å². The number of nitrogens with zero attached hydrogens (tertiary/aromatic N) is 1. The first kappa shape index (κ1) is 17.6. The van der Waals surface area contributed by atoms with Crippen molar-refractivity contribution in [1.82, 2.24) is 5.32 Å². The number of carbonyl (C=O) groups excluding carboxylic acids is 2. The highest BCUT2D eigenvalue weighted by atomic mass is 19.4. The number of rotatable bonds is 2. The summed E-state index contributed by atoms with van der Waals surface area (Å²) in [6.07, 6.45) is -4.72. The second kappa shape index (κ2) is 5.65. The van der Waals surface area contributed by atoms with E-state index in [-0.39, 0.29) is 11.4 Å². The molecule has 0 aromatic heterocycles. The fraction of sp³-hybridized carbons (Fsp3) is 0.176. The van der Waals surface area contributed by atoms with Crippen LogP contribution in [0.15, 0.2) is 42.5 Å². The van der Waals surface area contributed by atoms with E-state index in [1.807, 2.05) is 0 Å². The van der Waals surface area contributed by atoms with Gasteiger partial charge >= 0.3 is 12.2 Å². The zero-order valence-corrected chi connectivity index (χ0v) is 13.5. The van der Waals surface area contributed by atoms with Crippen LogP contribution in [0, 0.1) is 0 Å². The number of nitrogens with one attached hydrogen (secondary N) is 1. The average molecular weight is 365 g/mol. The minimum Gasteiger partial charge on any atom is -0.508 e. The van der Waals surface area contributed by atoms with Crippen LogP contribution >= 0.6 is 0 Å². The van der Waals surface area contributed by atoms with Gasteiger partial charge in [-0.3, -0.25) is 4.79 Å². The van der Waals surface area contributed by atoms with Gasteiger partial charge in [0.2, 0.25) is 0 Å². The highest BCUT2D eigenvalue weighted by Gasteiger charge is 2.50. The zero-order chi connectivity index (χ0) is 19.3. The molecule has 26 heavy (non-hydrogen) atoms. The van der Waals surface area contributed by atoms with Crippen LogP contribution in [0.4, 0.5) is 29.3 Å². The molecule has 0 aliphatic carbocycles. The fourth-order valence-corrected chi connectivity index (χ4v) is 2.79. The molecule has 0 spiro atoms. The third-order valence-electron chi connectivity index (χ3n) is 4.24. The van der Waals surface area contributed by atoms with E-state index in [4.69, 9.17) is 5.73 Å². The molecule has 3 rings (SSSR count). The first-order valence-electron chi connectivity index (χ1n) is 7.47. The number of nitrogens with two attached hydrogens (primary N) is 1. The molecular formula is C17H14F3N3O3. The number of hydrogen-bond donors (Lipinski definition) is 3. The number of carbonyl (C=O) groups is 2. The van der Waals surface area contributed by atoms with Gasteiger partial charge in [-0.25, -0.2) is 9.69 Å². The van der Waals surface area contributed by atoms with Crippen molar-refractivity contribution in [2.45, 2.75) is 18.6 Å². The van der Waals surface area contributed by atoms with Gasteiger partial charge in [-0.15, -0.1) is 0 Å². The molecule has 0 saturated carbocycles. The Hall–Kier alpha value is -3.23. The number of hydrogen-bond acceptors (Lipinski definition) is 4. The molecule has 1 saturated heterocycles. The van der Waals surface area contributed by atoms with Crippen LogP contribution in [0.5, 0.6) is 5.75 Å². The van der Waals surface area contributed by atoms with E-state index in [0.717, 1.165) is 6.07 Å². The van der Waals surface area contributed by atoms with Crippen molar-refractivity contribution in [1.29, 1.82) is 0 Å². The number of amides is 3. The number of alkyl halides is 3. The molecule has 9 heteroatoms. The number of halogens is 3. The number of phenols is 1. The summed E-state index contributed by atoms with van der Waals surface area (Å²) in [6, 6.07) is 7.54. The molecule has 6 nitrogen and oxygen atoms in total. The molecule has 1 fully saturated rings. The van der Waals surface area contributed by atoms with Crippen LogP contribution in [-0.4, -0.2) is 17.0 Å². The number of urea groups is 1. The van der Waals surface area contributed by atoms with E-state index < -0.39 is 34.9 Å². The number of benzene rings is 2. The Morgan fingerprint density at radius 1 is 1.12 bits per heavy atom. The lowest BCUT2D eigenvalue weighted by Gasteiger charge is -2.22. The zero-order valence-electron chi connectivity index (χ0n) is 13.5. The molecule has 1 aliphatic rings.